The summed E-state index contributed by atoms with van der Waals surface area (Å²) in [5, 5.41) is 11.4. The minimum absolute atomic E-state index is 0.0341. The first-order valence-electron chi connectivity index (χ1n) is 12.4. The molecule has 0 aromatic heterocycles. The van der Waals surface area contributed by atoms with Crippen LogP contribution in [0.1, 0.15) is 48.3 Å². The van der Waals surface area contributed by atoms with Crippen molar-refractivity contribution in [2.45, 2.75) is 55.6 Å². The number of hydrogen-bond donors (Lipinski definition) is 1. The average molecular weight is 510 g/mol. The van der Waals surface area contributed by atoms with Crippen LogP contribution in [0.5, 0.6) is 5.75 Å². The number of carbonyl (C=O) groups is 1. The number of hydrogen-bond acceptors (Lipinski definition) is 4. The van der Waals surface area contributed by atoms with Crippen molar-refractivity contribution in [1.29, 1.82) is 0 Å². The van der Waals surface area contributed by atoms with Gasteiger partial charge >= 0.3 is 12.5 Å². The fraction of sp³-hybridized carbons (Fsp3) is 0.345. The molecule has 192 valence electrons. The number of ether oxygens (including phenoxy) is 2. The van der Waals surface area contributed by atoms with Crippen LogP contribution in [0.15, 0.2) is 72.8 Å². The number of piperidine rings is 1. The Morgan fingerprint density at radius 3 is 1.97 bits per heavy atom. The van der Waals surface area contributed by atoms with Gasteiger partial charge in [-0.3, -0.25) is 0 Å². The molecule has 3 aromatic rings. The molecule has 2 aliphatic heterocycles. The summed E-state index contributed by atoms with van der Waals surface area (Å²) >= 11 is 0. The smallest absolute Gasteiger partial charge is 0.448 e. The third-order valence-electron chi connectivity index (χ3n) is 7.94. The van der Waals surface area contributed by atoms with Crippen molar-refractivity contribution in [2.75, 3.05) is 6.61 Å². The number of rotatable bonds is 4. The standard InChI is InChI=1S/C29H26F3NO4/c30-29(31,32)37-21-13-9-18(10-14-21)28(35)15-19-11-12-20(16-28)33(19)27(34)36-17-26-24-7-3-1-5-22(24)23-6-2-4-8-25(23)26/h1-10,13-14,19-20,26,35H,11-12,15-17H2. The monoisotopic (exact) mass is 509 g/mol. The van der Waals surface area contributed by atoms with Gasteiger partial charge in [-0.25, -0.2) is 4.79 Å². The van der Waals surface area contributed by atoms with E-state index in [0.29, 0.717) is 18.4 Å². The van der Waals surface area contributed by atoms with Crippen LogP contribution in [0, 0.1) is 0 Å². The second kappa shape index (κ2) is 8.80. The van der Waals surface area contributed by atoms with E-state index in [1.165, 1.54) is 24.3 Å². The molecule has 0 spiro atoms. The molecule has 5 nitrogen and oxygen atoms in total. The number of carbonyl (C=O) groups excluding carboxylic acids is 1. The zero-order chi connectivity index (χ0) is 25.8. The molecule has 2 fully saturated rings. The average Bonchev–Trinajstić information content (AvgIpc) is 3.34. The number of benzene rings is 3. The molecule has 37 heavy (non-hydrogen) atoms. The minimum atomic E-state index is -4.77. The van der Waals surface area contributed by atoms with Gasteiger partial charge in [0.05, 0.1) is 5.60 Å². The maximum atomic E-state index is 13.3. The van der Waals surface area contributed by atoms with Gasteiger partial charge in [0.2, 0.25) is 0 Å². The van der Waals surface area contributed by atoms with Gasteiger partial charge in [-0.05, 0) is 52.8 Å². The molecule has 6 rings (SSSR count). The number of alkyl halides is 3. The van der Waals surface area contributed by atoms with Gasteiger partial charge < -0.3 is 19.5 Å². The van der Waals surface area contributed by atoms with Crippen LogP contribution in [-0.2, 0) is 10.3 Å². The fourth-order valence-corrected chi connectivity index (χ4v) is 6.39. The van der Waals surface area contributed by atoms with Gasteiger partial charge in [0.1, 0.15) is 12.4 Å². The number of nitrogens with zero attached hydrogens (tertiary/aromatic N) is 1. The van der Waals surface area contributed by atoms with E-state index in [0.717, 1.165) is 35.1 Å². The lowest BCUT2D eigenvalue weighted by Crippen LogP contribution is -2.52. The van der Waals surface area contributed by atoms with Crippen LogP contribution in [0.4, 0.5) is 18.0 Å². The van der Waals surface area contributed by atoms with E-state index in [-0.39, 0.29) is 36.5 Å². The van der Waals surface area contributed by atoms with E-state index in [2.05, 4.69) is 29.0 Å². The lowest BCUT2D eigenvalue weighted by Gasteiger charge is -2.43. The Morgan fingerprint density at radius 1 is 0.892 bits per heavy atom. The molecule has 1 aliphatic carbocycles. The molecule has 2 bridgehead atoms. The fourth-order valence-electron chi connectivity index (χ4n) is 6.39. The molecule has 0 saturated carbocycles. The summed E-state index contributed by atoms with van der Waals surface area (Å²) in [5.74, 6) is -0.368. The van der Waals surface area contributed by atoms with E-state index < -0.39 is 12.0 Å². The zero-order valence-corrected chi connectivity index (χ0v) is 19.9. The highest BCUT2D eigenvalue weighted by molar-refractivity contribution is 5.79. The Labute approximate surface area is 212 Å². The number of aliphatic hydroxyl groups is 1. The van der Waals surface area contributed by atoms with Gasteiger partial charge in [-0.2, -0.15) is 0 Å². The molecular weight excluding hydrogens is 483 g/mol. The van der Waals surface area contributed by atoms with E-state index in [9.17, 15) is 23.1 Å². The molecule has 8 heteroatoms. The van der Waals surface area contributed by atoms with Gasteiger partial charge in [0, 0.05) is 30.8 Å². The Morgan fingerprint density at radius 2 is 1.43 bits per heavy atom. The van der Waals surface area contributed by atoms with Crippen molar-refractivity contribution in [3.63, 3.8) is 0 Å². The molecule has 1 amide bonds. The van der Waals surface area contributed by atoms with Crippen LogP contribution in [-0.4, -0.2) is 41.2 Å². The van der Waals surface area contributed by atoms with Crippen molar-refractivity contribution < 1.29 is 32.5 Å². The summed E-state index contributed by atoms with van der Waals surface area (Å²) in [5.41, 5.74) is 3.90. The summed E-state index contributed by atoms with van der Waals surface area (Å²) in [6, 6.07) is 21.3. The normalized spacial score (nSPS) is 24.5. The van der Waals surface area contributed by atoms with Crippen LogP contribution >= 0.6 is 0 Å². The second-order valence-electron chi connectivity index (χ2n) is 10.1. The lowest BCUT2D eigenvalue weighted by molar-refractivity contribution is -0.274. The highest BCUT2D eigenvalue weighted by Crippen LogP contribution is 2.47. The summed E-state index contributed by atoms with van der Waals surface area (Å²) in [6.07, 6.45) is -3.07. The predicted molar refractivity (Wildman–Crippen MR) is 130 cm³/mol. The van der Waals surface area contributed by atoms with Crippen molar-refractivity contribution in [2.24, 2.45) is 0 Å². The van der Waals surface area contributed by atoms with Crippen LogP contribution in [0.25, 0.3) is 11.1 Å². The van der Waals surface area contributed by atoms with Crippen LogP contribution in [0.2, 0.25) is 0 Å². The summed E-state index contributed by atoms with van der Waals surface area (Å²) in [4.78, 5) is 15.0. The Balaban J connectivity index is 1.14. The first-order chi connectivity index (χ1) is 17.7. The molecule has 3 aliphatic rings. The van der Waals surface area contributed by atoms with Crippen molar-refractivity contribution in [3.05, 3.63) is 89.5 Å². The molecule has 2 heterocycles. The quantitative estimate of drug-likeness (QED) is 0.445. The maximum Gasteiger partial charge on any atom is 0.573 e. The number of halogens is 3. The van der Waals surface area contributed by atoms with Crippen LogP contribution in [0.3, 0.4) is 0 Å². The predicted octanol–water partition coefficient (Wildman–Crippen LogP) is 6.35. The first kappa shape index (κ1) is 23.9. The number of fused-ring (bicyclic) bond motifs is 5. The maximum absolute atomic E-state index is 13.3. The molecule has 2 saturated heterocycles. The summed E-state index contributed by atoms with van der Waals surface area (Å²) in [7, 11) is 0. The topological polar surface area (TPSA) is 59.0 Å². The van der Waals surface area contributed by atoms with Crippen molar-refractivity contribution in [3.8, 4) is 16.9 Å². The van der Waals surface area contributed by atoms with Gasteiger partial charge in [0.15, 0.2) is 0 Å². The molecule has 3 aromatic carbocycles. The Kier molecular flexibility index (Phi) is 5.67. The van der Waals surface area contributed by atoms with E-state index in [1.807, 2.05) is 24.3 Å². The van der Waals surface area contributed by atoms with Crippen LogP contribution < -0.4 is 4.74 Å². The summed E-state index contributed by atoms with van der Waals surface area (Å²) in [6.45, 7) is 0.230. The van der Waals surface area contributed by atoms with E-state index in [4.69, 9.17) is 4.74 Å². The van der Waals surface area contributed by atoms with Gasteiger partial charge in [-0.1, -0.05) is 60.7 Å². The Hall–Kier alpha value is -3.52. The molecular formula is C29H26F3NO4. The third-order valence-corrected chi connectivity index (χ3v) is 7.94. The first-order valence-corrected chi connectivity index (χ1v) is 12.4. The zero-order valence-electron chi connectivity index (χ0n) is 19.9. The van der Waals surface area contributed by atoms with Gasteiger partial charge in [0.25, 0.3) is 0 Å². The highest BCUT2D eigenvalue weighted by Gasteiger charge is 2.51. The number of amides is 1. The summed E-state index contributed by atoms with van der Waals surface area (Å²) < 4.78 is 47.3. The van der Waals surface area contributed by atoms with Crippen molar-refractivity contribution >= 4 is 6.09 Å². The third kappa shape index (κ3) is 4.33. The molecule has 0 radical (unpaired) electrons. The SMILES string of the molecule is O=C(OCC1c2ccccc2-c2ccccc21)N1C2CCC1CC(O)(c1ccc(OC(F)(F)F)cc1)C2. The minimum Gasteiger partial charge on any atom is -0.448 e. The second-order valence-corrected chi connectivity index (χ2v) is 10.1. The van der Waals surface area contributed by atoms with E-state index in [1.54, 1.807) is 4.90 Å². The van der Waals surface area contributed by atoms with E-state index >= 15 is 0 Å². The van der Waals surface area contributed by atoms with Gasteiger partial charge in [-0.15, -0.1) is 13.2 Å². The largest absolute Gasteiger partial charge is 0.573 e. The lowest BCUT2D eigenvalue weighted by atomic mass is 9.80. The highest BCUT2D eigenvalue weighted by atomic mass is 19.4. The Bertz CT molecular complexity index is 1260. The van der Waals surface area contributed by atoms with Crippen molar-refractivity contribution in [1.82, 2.24) is 4.90 Å². The molecule has 2 unspecified atom stereocenters. The molecule has 1 N–H and O–H groups in total. The molecule has 2 atom stereocenters.